The molecule has 0 spiro atoms. The van der Waals surface area contributed by atoms with Crippen LogP contribution >= 0.6 is 0 Å². The molecule has 0 saturated carbocycles. The molecule has 3 heterocycles. The number of hydrogen-bond donors (Lipinski definition) is 1. The quantitative estimate of drug-likeness (QED) is 0.939. The van der Waals surface area contributed by atoms with Crippen LogP contribution in [-0.2, 0) is 0 Å². The lowest BCUT2D eigenvalue weighted by Gasteiger charge is -2.33. The van der Waals surface area contributed by atoms with E-state index >= 15 is 0 Å². The molecule has 0 atom stereocenters. The lowest BCUT2D eigenvalue weighted by molar-refractivity contribution is 0.510. The zero-order valence-electron chi connectivity index (χ0n) is 12.0. The second-order valence-corrected chi connectivity index (χ2v) is 5.26. The van der Waals surface area contributed by atoms with E-state index in [-0.39, 0.29) is 5.82 Å². The molecule has 1 fully saturated rings. The number of hydrogen-bond acceptors (Lipinski definition) is 5. The van der Waals surface area contributed by atoms with Crippen molar-refractivity contribution in [3.63, 3.8) is 0 Å². The van der Waals surface area contributed by atoms with Crippen LogP contribution in [0.25, 0.3) is 0 Å². The fourth-order valence-corrected chi connectivity index (χ4v) is 2.59. The zero-order valence-corrected chi connectivity index (χ0v) is 12.0. The molecule has 0 aromatic carbocycles. The third-order valence-corrected chi connectivity index (χ3v) is 3.69. The fraction of sp³-hybridized carbons (Fsp3) is 0.400. The summed E-state index contributed by atoms with van der Waals surface area (Å²) in [6.45, 7) is 3.52. The fourth-order valence-electron chi connectivity index (χ4n) is 2.59. The van der Waals surface area contributed by atoms with Crippen molar-refractivity contribution in [1.29, 1.82) is 0 Å². The Bertz CT molecular complexity index is 611. The SMILES string of the molecule is Cc1cc(NC2CCN(c3ncccc3F)CC2)ncn1. The van der Waals surface area contributed by atoms with Crippen LogP contribution in [-0.4, -0.2) is 34.1 Å². The summed E-state index contributed by atoms with van der Waals surface area (Å²) in [6, 6.07) is 5.36. The van der Waals surface area contributed by atoms with Gasteiger partial charge in [0.05, 0.1) is 0 Å². The second kappa shape index (κ2) is 6.03. The number of nitrogens with one attached hydrogen (secondary N) is 1. The van der Waals surface area contributed by atoms with Gasteiger partial charge in [-0.1, -0.05) is 0 Å². The molecule has 6 heteroatoms. The third-order valence-electron chi connectivity index (χ3n) is 3.69. The van der Waals surface area contributed by atoms with Crippen molar-refractivity contribution in [3.8, 4) is 0 Å². The van der Waals surface area contributed by atoms with Gasteiger partial charge in [-0.3, -0.25) is 0 Å². The minimum absolute atomic E-state index is 0.254. The van der Waals surface area contributed by atoms with Crippen molar-refractivity contribution in [2.75, 3.05) is 23.3 Å². The van der Waals surface area contributed by atoms with Gasteiger partial charge in [-0.2, -0.15) is 0 Å². The van der Waals surface area contributed by atoms with E-state index in [0.29, 0.717) is 11.9 Å². The van der Waals surface area contributed by atoms with Crippen LogP contribution in [0.1, 0.15) is 18.5 Å². The Morgan fingerprint density at radius 1 is 1.24 bits per heavy atom. The molecule has 0 amide bonds. The molecule has 0 unspecified atom stereocenters. The van der Waals surface area contributed by atoms with Crippen LogP contribution in [0.3, 0.4) is 0 Å². The Hall–Kier alpha value is -2.24. The molecule has 1 aliphatic rings. The Balaban J connectivity index is 1.59. The number of halogens is 1. The van der Waals surface area contributed by atoms with Crippen LogP contribution in [0.5, 0.6) is 0 Å². The Morgan fingerprint density at radius 3 is 2.76 bits per heavy atom. The van der Waals surface area contributed by atoms with Gasteiger partial charge in [0.1, 0.15) is 12.1 Å². The summed E-state index contributed by atoms with van der Waals surface area (Å²) in [5, 5.41) is 3.42. The van der Waals surface area contributed by atoms with Gasteiger partial charge in [-0.05, 0) is 31.9 Å². The maximum Gasteiger partial charge on any atom is 0.165 e. The molecule has 1 N–H and O–H groups in total. The first-order valence-corrected chi connectivity index (χ1v) is 7.13. The highest BCUT2D eigenvalue weighted by atomic mass is 19.1. The standard InChI is InChI=1S/C15H18FN5/c1-11-9-14(19-10-18-11)20-12-4-7-21(8-5-12)15-13(16)3-2-6-17-15/h2-3,6,9-10,12H,4-5,7-8H2,1H3,(H,18,19,20). The highest BCUT2D eigenvalue weighted by Crippen LogP contribution is 2.22. The molecule has 2 aromatic rings. The van der Waals surface area contributed by atoms with Crippen molar-refractivity contribution in [1.82, 2.24) is 15.0 Å². The maximum atomic E-state index is 13.7. The summed E-state index contributed by atoms with van der Waals surface area (Å²) < 4.78 is 13.7. The predicted octanol–water partition coefficient (Wildman–Crippen LogP) is 2.40. The van der Waals surface area contributed by atoms with E-state index in [1.165, 1.54) is 6.07 Å². The van der Waals surface area contributed by atoms with Gasteiger partial charge >= 0.3 is 0 Å². The van der Waals surface area contributed by atoms with Crippen LogP contribution in [0.2, 0.25) is 0 Å². The minimum atomic E-state index is -0.254. The zero-order chi connectivity index (χ0) is 14.7. The molecular formula is C15H18FN5. The third kappa shape index (κ3) is 3.26. The van der Waals surface area contributed by atoms with Crippen LogP contribution in [0.4, 0.5) is 16.0 Å². The van der Waals surface area contributed by atoms with Crippen molar-refractivity contribution in [2.45, 2.75) is 25.8 Å². The predicted molar refractivity (Wildman–Crippen MR) is 79.8 cm³/mol. The average Bonchev–Trinajstić information content (AvgIpc) is 2.49. The Kier molecular flexibility index (Phi) is 3.94. The van der Waals surface area contributed by atoms with E-state index in [2.05, 4.69) is 20.3 Å². The molecular weight excluding hydrogens is 269 g/mol. The van der Waals surface area contributed by atoms with E-state index in [0.717, 1.165) is 37.4 Å². The van der Waals surface area contributed by atoms with Gasteiger partial charge in [0.2, 0.25) is 0 Å². The summed E-state index contributed by atoms with van der Waals surface area (Å²) in [5.74, 6) is 1.05. The lowest BCUT2D eigenvalue weighted by atomic mass is 10.0. The number of aromatic nitrogens is 3. The number of rotatable bonds is 3. The van der Waals surface area contributed by atoms with Gasteiger partial charge < -0.3 is 10.2 Å². The van der Waals surface area contributed by atoms with E-state index in [1.807, 2.05) is 17.9 Å². The summed E-state index contributed by atoms with van der Waals surface area (Å²) in [7, 11) is 0. The summed E-state index contributed by atoms with van der Waals surface area (Å²) in [6.07, 6.45) is 5.06. The first kappa shape index (κ1) is 13.7. The molecule has 110 valence electrons. The van der Waals surface area contributed by atoms with Crippen molar-refractivity contribution in [3.05, 3.63) is 42.2 Å². The number of aryl methyl sites for hydroxylation is 1. The van der Waals surface area contributed by atoms with E-state index < -0.39 is 0 Å². The maximum absolute atomic E-state index is 13.7. The topological polar surface area (TPSA) is 53.9 Å². The van der Waals surface area contributed by atoms with Gasteiger partial charge in [0.25, 0.3) is 0 Å². The molecule has 0 bridgehead atoms. The summed E-state index contributed by atoms with van der Waals surface area (Å²) >= 11 is 0. The van der Waals surface area contributed by atoms with Gasteiger partial charge in [-0.15, -0.1) is 0 Å². The van der Waals surface area contributed by atoms with E-state index in [1.54, 1.807) is 18.6 Å². The largest absolute Gasteiger partial charge is 0.367 e. The minimum Gasteiger partial charge on any atom is -0.367 e. The van der Waals surface area contributed by atoms with Crippen LogP contribution in [0, 0.1) is 12.7 Å². The average molecular weight is 287 g/mol. The number of pyridine rings is 1. The summed E-state index contributed by atoms with van der Waals surface area (Å²) in [4.78, 5) is 14.4. The van der Waals surface area contributed by atoms with E-state index in [9.17, 15) is 4.39 Å². The smallest absolute Gasteiger partial charge is 0.165 e. The number of anilines is 2. The molecule has 2 aromatic heterocycles. The molecule has 0 radical (unpaired) electrons. The number of nitrogens with zero attached hydrogens (tertiary/aromatic N) is 4. The van der Waals surface area contributed by atoms with Crippen LogP contribution < -0.4 is 10.2 Å². The van der Waals surface area contributed by atoms with Crippen molar-refractivity contribution < 1.29 is 4.39 Å². The molecule has 21 heavy (non-hydrogen) atoms. The lowest BCUT2D eigenvalue weighted by Crippen LogP contribution is -2.40. The van der Waals surface area contributed by atoms with E-state index in [4.69, 9.17) is 0 Å². The van der Waals surface area contributed by atoms with Gasteiger partial charge in [-0.25, -0.2) is 19.3 Å². The molecule has 0 aliphatic carbocycles. The first-order valence-electron chi connectivity index (χ1n) is 7.13. The molecule has 1 aliphatic heterocycles. The molecule has 1 saturated heterocycles. The molecule has 5 nitrogen and oxygen atoms in total. The van der Waals surface area contributed by atoms with Crippen molar-refractivity contribution in [2.24, 2.45) is 0 Å². The Morgan fingerprint density at radius 2 is 2.05 bits per heavy atom. The molecule has 3 rings (SSSR count). The van der Waals surface area contributed by atoms with Gasteiger partial charge in [0, 0.05) is 37.1 Å². The monoisotopic (exact) mass is 287 g/mol. The highest BCUT2D eigenvalue weighted by Gasteiger charge is 2.22. The highest BCUT2D eigenvalue weighted by molar-refractivity contribution is 5.41. The first-order chi connectivity index (χ1) is 10.2. The summed E-state index contributed by atoms with van der Waals surface area (Å²) in [5.41, 5.74) is 0.945. The number of piperidine rings is 1. The second-order valence-electron chi connectivity index (χ2n) is 5.26. The van der Waals surface area contributed by atoms with Crippen molar-refractivity contribution >= 4 is 11.6 Å². The van der Waals surface area contributed by atoms with Crippen LogP contribution in [0.15, 0.2) is 30.7 Å². The normalized spacial score (nSPS) is 16.0. The Labute approximate surface area is 123 Å². The van der Waals surface area contributed by atoms with Gasteiger partial charge in [0.15, 0.2) is 11.6 Å².